The molecule has 1 fully saturated rings. The second-order valence-electron chi connectivity index (χ2n) is 6.03. The van der Waals surface area contributed by atoms with Crippen molar-refractivity contribution in [3.8, 4) is 0 Å². The Labute approximate surface area is 132 Å². The molecule has 0 saturated carbocycles. The van der Waals surface area contributed by atoms with Crippen molar-refractivity contribution < 1.29 is 14.0 Å². The van der Waals surface area contributed by atoms with Crippen LogP contribution in [0.25, 0.3) is 11.1 Å². The number of hydrogen-bond donors (Lipinski definition) is 1. The maximum Gasteiger partial charge on any atom is 0.417 e. The van der Waals surface area contributed by atoms with Crippen molar-refractivity contribution >= 4 is 22.9 Å². The van der Waals surface area contributed by atoms with Gasteiger partial charge in [-0.2, -0.15) is 0 Å². The van der Waals surface area contributed by atoms with Crippen molar-refractivity contribution in [3.63, 3.8) is 0 Å². The summed E-state index contributed by atoms with van der Waals surface area (Å²) in [6, 6.07) is 4.96. The van der Waals surface area contributed by atoms with Gasteiger partial charge in [0.1, 0.15) is 0 Å². The molecule has 0 aliphatic carbocycles. The number of H-pyrrole nitrogens is 1. The highest BCUT2D eigenvalue weighted by atomic mass is 16.4. The number of ketones is 1. The fraction of sp³-hybridized carbons (Fsp3) is 0.438. The van der Waals surface area contributed by atoms with E-state index in [1.165, 1.54) is 0 Å². The van der Waals surface area contributed by atoms with Crippen molar-refractivity contribution in [2.45, 2.75) is 12.8 Å². The van der Waals surface area contributed by atoms with Crippen LogP contribution in [-0.4, -0.2) is 53.8 Å². The maximum atomic E-state index is 12.6. The van der Waals surface area contributed by atoms with Gasteiger partial charge in [0, 0.05) is 38.7 Å². The van der Waals surface area contributed by atoms with Crippen LogP contribution in [-0.2, 0) is 0 Å². The number of rotatable bonds is 2. The van der Waals surface area contributed by atoms with Crippen LogP contribution in [0, 0.1) is 5.92 Å². The molecule has 1 saturated heterocycles. The molecular weight excluding hydrogens is 298 g/mol. The molecule has 2 heterocycles. The Morgan fingerprint density at radius 2 is 1.96 bits per heavy atom. The van der Waals surface area contributed by atoms with Gasteiger partial charge in [-0.1, -0.05) is 0 Å². The topological polar surface area (TPSA) is 86.6 Å². The van der Waals surface area contributed by atoms with Crippen molar-refractivity contribution in [1.82, 2.24) is 14.8 Å². The molecule has 3 rings (SSSR count). The van der Waals surface area contributed by atoms with Crippen LogP contribution in [0.1, 0.15) is 23.2 Å². The summed E-state index contributed by atoms with van der Waals surface area (Å²) in [7, 11) is 3.44. The summed E-state index contributed by atoms with van der Waals surface area (Å²) in [6.07, 6.45) is 1.29. The molecule has 0 unspecified atom stereocenters. The third kappa shape index (κ3) is 2.99. The summed E-state index contributed by atoms with van der Waals surface area (Å²) in [6.45, 7) is 1.16. The number of piperidine rings is 1. The van der Waals surface area contributed by atoms with Crippen LogP contribution >= 0.6 is 0 Å². The van der Waals surface area contributed by atoms with E-state index in [1.807, 2.05) is 0 Å². The minimum Gasteiger partial charge on any atom is -0.408 e. The third-order valence-electron chi connectivity index (χ3n) is 4.22. The van der Waals surface area contributed by atoms with Crippen molar-refractivity contribution in [2.24, 2.45) is 5.92 Å². The van der Waals surface area contributed by atoms with Crippen LogP contribution in [0.15, 0.2) is 27.4 Å². The molecule has 1 N–H and O–H groups in total. The number of carbonyl (C=O) groups is 2. The summed E-state index contributed by atoms with van der Waals surface area (Å²) in [5.74, 6) is -0.600. The average Bonchev–Trinajstić information content (AvgIpc) is 2.92. The molecule has 122 valence electrons. The lowest BCUT2D eigenvalue weighted by molar-refractivity contribution is 0.0843. The Kier molecular flexibility index (Phi) is 3.94. The van der Waals surface area contributed by atoms with Gasteiger partial charge in [0.2, 0.25) is 0 Å². The summed E-state index contributed by atoms with van der Waals surface area (Å²) in [4.78, 5) is 41.6. The number of benzene rings is 1. The first-order valence-corrected chi connectivity index (χ1v) is 7.59. The molecule has 1 aliphatic rings. The summed E-state index contributed by atoms with van der Waals surface area (Å²) in [5.41, 5.74) is 1.51. The monoisotopic (exact) mass is 317 g/mol. The highest BCUT2D eigenvalue weighted by molar-refractivity contribution is 6.00. The van der Waals surface area contributed by atoms with Gasteiger partial charge in [0.15, 0.2) is 11.4 Å². The number of aromatic amines is 1. The van der Waals surface area contributed by atoms with E-state index in [-0.39, 0.29) is 17.7 Å². The third-order valence-corrected chi connectivity index (χ3v) is 4.22. The number of nitrogens with one attached hydrogen (secondary N) is 1. The number of aromatic nitrogens is 1. The molecule has 1 aromatic heterocycles. The van der Waals surface area contributed by atoms with Gasteiger partial charge in [-0.25, -0.2) is 9.59 Å². The van der Waals surface area contributed by atoms with Gasteiger partial charge in [0.25, 0.3) is 0 Å². The molecule has 0 atom stereocenters. The Hall–Kier alpha value is -2.57. The molecule has 2 amide bonds. The standard InChI is InChI=1S/C16H19N3O4/c1-18(2)16(22)19-7-5-10(6-8-19)14(20)11-3-4-12-13(9-11)23-15(21)17-12/h3-4,9-10H,5-8H2,1-2H3,(H,17,21). The number of urea groups is 1. The lowest BCUT2D eigenvalue weighted by Gasteiger charge is -2.33. The molecule has 1 aliphatic heterocycles. The molecular formula is C16H19N3O4. The van der Waals surface area contributed by atoms with Gasteiger partial charge in [-0.15, -0.1) is 0 Å². The van der Waals surface area contributed by atoms with Crippen LogP contribution in [0.3, 0.4) is 0 Å². The van der Waals surface area contributed by atoms with Gasteiger partial charge in [0.05, 0.1) is 5.52 Å². The smallest absolute Gasteiger partial charge is 0.408 e. The van der Waals surface area contributed by atoms with E-state index in [1.54, 1.807) is 42.1 Å². The highest BCUT2D eigenvalue weighted by Crippen LogP contribution is 2.23. The first kappa shape index (κ1) is 15.3. The molecule has 23 heavy (non-hydrogen) atoms. The Morgan fingerprint density at radius 3 is 2.61 bits per heavy atom. The lowest BCUT2D eigenvalue weighted by atomic mass is 9.89. The minimum atomic E-state index is -0.528. The van der Waals surface area contributed by atoms with Crippen LogP contribution in [0.2, 0.25) is 0 Å². The first-order valence-electron chi connectivity index (χ1n) is 7.59. The first-order chi connectivity index (χ1) is 11.0. The molecule has 0 radical (unpaired) electrons. The minimum absolute atomic E-state index is 0.0218. The number of oxazole rings is 1. The van der Waals surface area contributed by atoms with Crippen LogP contribution < -0.4 is 5.76 Å². The molecule has 2 aromatic rings. The van der Waals surface area contributed by atoms with Crippen LogP contribution in [0.5, 0.6) is 0 Å². The zero-order valence-corrected chi connectivity index (χ0v) is 13.2. The van der Waals surface area contributed by atoms with Crippen molar-refractivity contribution in [3.05, 3.63) is 34.3 Å². The molecule has 0 bridgehead atoms. The predicted molar refractivity (Wildman–Crippen MR) is 84.5 cm³/mol. The predicted octanol–water partition coefficient (Wildman–Crippen LogP) is 1.70. The number of nitrogens with zero attached hydrogens (tertiary/aromatic N) is 2. The zero-order chi connectivity index (χ0) is 16.6. The van der Waals surface area contributed by atoms with E-state index >= 15 is 0 Å². The van der Waals surface area contributed by atoms with Gasteiger partial charge >= 0.3 is 11.8 Å². The van der Waals surface area contributed by atoms with E-state index in [0.29, 0.717) is 42.6 Å². The highest BCUT2D eigenvalue weighted by Gasteiger charge is 2.28. The van der Waals surface area contributed by atoms with E-state index in [4.69, 9.17) is 4.42 Å². The molecule has 0 spiro atoms. The SMILES string of the molecule is CN(C)C(=O)N1CCC(C(=O)c2ccc3[nH]c(=O)oc3c2)CC1. The number of hydrogen-bond acceptors (Lipinski definition) is 4. The van der Waals surface area contributed by atoms with E-state index in [9.17, 15) is 14.4 Å². The number of likely N-dealkylation sites (tertiary alicyclic amines) is 1. The normalized spacial score (nSPS) is 15.8. The van der Waals surface area contributed by atoms with Gasteiger partial charge < -0.3 is 14.2 Å². The zero-order valence-electron chi connectivity index (χ0n) is 13.2. The average molecular weight is 317 g/mol. The summed E-state index contributed by atoms with van der Waals surface area (Å²) in [5, 5.41) is 0. The Bertz CT molecular complexity index is 797. The summed E-state index contributed by atoms with van der Waals surface area (Å²) >= 11 is 0. The largest absolute Gasteiger partial charge is 0.417 e. The fourth-order valence-electron chi connectivity index (χ4n) is 2.95. The second-order valence-corrected chi connectivity index (χ2v) is 6.03. The van der Waals surface area contributed by atoms with Gasteiger partial charge in [-0.3, -0.25) is 9.78 Å². The second kappa shape index (κ2) is 5.91. The van der Waals surface area contributed by atoms with Crippen molar-refractivity contribution in [2.75, 3.05) is 27.2 Å². The van der Waals surface area contributed by atoms with E-state index in [2.05, 4.69) is 4.98 Å². The Morgan fingerprint density at radius 1 is 1.26 bits per heavy atom. The van der Waals surface area contributed by atoms with E-state index in [0.717, 1.165) is 0 Å². The fourth-order valence-corrected chi connectivity index (χ4v) is 2.95. The van der Waals surface area contributed by atoms with Crippen LogP contribution in [0.4, 0.5) is 4.79 Å². The van der Waals surface area contributed by atoms with Crippen molar-refractivity contribution in [1.29, 1.82) is 0 Å². The summed E-state index contributed by atoms with van der Waals surface area (Å²) < 4.78 is 5.00. The molecule has 7 heteroatoms. The number of amides is 2. The van der Waals surface area contributed by atoms with E-state index < -0.39 is 5.76 Å². The number of carbonyl (C=O) groups excluding carboxylic acids is 2. The molecule has 7 nitrogen and oxygen atoms in total. The lowest BCUT2D eigenvalue weighted by Crippen LogP contribution is -2.44. The maximum absolute atomic E-state index is 12.6. The Balaban J connectivity index is 1.71. The number of fused-ring (bicyclic) bond motifs is 1. The number of Topliss-reactive ketones (excluding diaryl/α,β-unsaturated/α-hetero) is 1. The molecule has 1 aromatic carbocycles. The quantitative estimate of drug-likeness (QED) is 0.854. The van der Waals surface area contributed by atoms with Gasteiger partial charge in [-0.05, 0) is 31.0 Å².